The van der Waals surface area contributed by atoms with Gasteiger partial charge in [-0.25, -0.2) is 0 Å². The normalized spacial score (nSPS) is 16.6. The van der Waals surface area contributed by atoms with E-state index in [1.165, 1.54) is 12.7 Å². The van der Waals surface area contributed by atoms with E-state index in [-0.39, 0.29) is 11.4 Å². The van der Waals surface area contributed by atoms with Crippen LogP contribution in [0.2, 0.25) is 0 Å². The molecule has 100 valence electrons. The molecule has 0 atom stereocenters. The Morgan fingerprint density at radius 3 is 2.94 bits per heavy atom. The zero-order chi connectivity index (χ0) is 13.0. The van der Waals surface area contributed by atoms with Gasteiger partial charge in [0.2, 0.25) is 0 Å². The number of rotatable bonds is 7. The smallest absolute Gasteiger partial charge is 0.306 e. The monoisotopic (exact) mass is 268 g/mol. The summed E-state index contributed by atoms with van der Waals surface area (Å²) in [7, 11) is 1.46. The lowest BCUT2D eigenvalue weighted by Crippen LogP contribution is -2.13. The predicted molar refractivity (Wildman–Crippen MR) is 72.4 cm³/mol. The van der Waals surface area contributed by atoms with Crippen LogP contribution in [0.15, 0.2) is 12.4 Å². The first-order chi connectivity index (χ1) is 8.67. The summed E-state index contributed by atoms with van der Waals surface area (Å²) in [5, 5.41) is 4.26. The minimum Gasteiger partial charge on any atom is -0.469 e. The van der Waals surface area contributed by atoms with Gasteiger partial charge in [0, 0.05) is 18.5 Å². The Hall–Kier alpha value is -0.970. The largest absolute Gasteiger partial charge is 0.469 e. The summed E-state index contributed by atoms with van der Waals surface area (Å²) < 4.78 is 6.69. The Balaban J connectivity index is 1.73. The topological polar surface area (TPSA) is 44.1 Å². The van der Waals surface area contributed by atoms with Gasteiger partial charge in [-0.15, -0.1) is 0 Å². The fourth-order valence-electron chi connectivity index (χ4n) is 1.97. The summed E-state index contributed by atoms with van der Waals surface area (Å²) in [5.74, 6) is 1.94. The van der Waals surface area contributed by atoms with Crippen molar-refractivity contribution < 1.29 is 9.53 Å². The third-order valence-corrected chi connectivity index (χ3v) is 4.75. The first kappa shape index (κ1) is 13.5. The number of ether oxygens (including phenoxy) is 1. The molecule has 0 N–H and O–H groups in total. The minimum absolute atomic E-state index is 0.0769. The SMILES string of the molecule is CCn1cc(CSCC2(CC(=O)OC)CC2)cn1. The fraction of sp³-hybridized carbons (Fsp3) is 0.692. The van der Waals surface area contributed by atoms with E-state index in [2.05, 4.69) is 18.2 Å². The van der Waals surface area contributed by atoms with Crippen molar-refractivity contribution in [2.24, 2.45) is 5.41 Å². The zero-order valence-corrected chi connectivity index (χ0v) is 11.8. The number of hydrogen-bond acceptors (Lipinski definition) is 4. The summed E-state index contributed by atoms with van der Waals surface area (Å²) in [5.41, 5.74) is 1.48. The molecule has 1 aliphatic carbocycles. The Bertz CT molecular complexity index is 413. The van der Waals surface area contributed by atoms with Crippen LogP contribution in [0.4, 0.5) is 0 Å². The molecule has 0 unspecified atom stereocenters. The van der Waals surface area contributed by atoms with Crippen molar-refractivity contribution in [2.75, 3.05) is 12.9 Å². The van der Waals surface area contributed by atoms with E-state index in [0.29, 0.717) is 6.42 Å². The third kappa shape index (κ3) is 3.51. The Morgan fingerprint density at radius 2 is 2.39 bits per heavy atom. The van der Waals surface area contributed by atoms with Gasteiger partial charge in [-0.3, -0.25) is 9.48 Å². The zero-order valence-electron chi connectivity index (χ0n) is 11.0. The highest BCUT2D eigenvalue weighted by Crippen LogP contribution is 2.51. The molecule has 0 radical (unpaired) electrons. The van der Waals surface area contributed by atoms with Gasteiger partial charge in [0.25, 0.3) is 0 Å². The van der Waals surface area contributed by atoms with E-state index >= 15 is 0 Å². The van der Waals surface area contributed by atoms with Crippen LogP contribution in [0, 0.1) is 5.41 Å². The van der Waals surface area contributed by atoms with Gasteiger partial charge >= 0.3 is 5.97 Å². The number of aromatic nitrogens is 2. The number of esters is 1. The van der Waals surface area contributed by atoms with Crippen LogP contribution in [-0.2, 0) is 21.8 Å². The Labute approximate surface area is 112 Å². The van der Waals surface area contributed by atoms with Crippen LogP contribution in [-0.4, -0.2) is 28.6 Å². The molecule has 1 aromatic rings. The standard InChI is InChI=1S/C13H20N2O2S/c1-3-15-8-11(7-14-15)9-18-10-13(4-5-13)6-12(16)17-2/h7-8H,3-6,9-10H2,1-2H3. The molecular weight excluding hydrogens is 248 g/mol. The van der Waals surface area contributed by atoms with Crippen LogP contribution < -0.4 is 0 Å². The van der Waals surface area contributed by atoms with Crippen molar-refractivity contribution in [1.29, 1.82) is 0 Å². The van der Waals surface area contributed by atoms with Gasteiger partial charge in [0.05, 0.1) is 19.7 Å². The summed E-state index contributed by atoms with van der Waals surface area (Å²) >= 11 is 1.89. The molecule has 1 fully saturated rings. The van der Waals surface area contributed by atoms with E-state index < -0.39 is 0 Å². The van der Waals surface area contributed by atoms with Gasteiger partial charge in [-0.2, -0.15) is 16.9 Å². The second-order valence-corrected chi connectivity index (χ2v) is 5.94. The highest BCUT2D eigenvalue weighted by molar-refractivity contribution is 7.98. The second kappa shape index (κ2) is 5.78. The van der Waals surface area contributed by atoms with Crippen molar-refractivity contribution in [1.82, 2.24) is 9.78 Å². The van der Waals surface area contributed by atoms with Crippen LogP contribution in [0.3, 0.4) is 0 Å². The number of carbonyl (C=O) groups excluding carboxylic acids is 1. The Kier molecular flexibility index (Phi) is 4.32. The molecule has 5 heteroatoms. The molecular formula is C13H20N2O2S. The van der Waals surface area contributed by atoms with Gasteiger partial charge in [0.1, 0.15) is 0 Å². The maximum absolute atomic E-state index is 11.3. The van der Waals surface area contributed by atoms with Crippen LogP contribution in [0.5, 0.6) is 0 Å². The van der Waals surface area contributed by atoms with Crippen molar-refractivity contribution in [2.45, 2.75) is 38.5 Å². The molecule has 4 nitrogen and oxygen atoms in total. The highest BCUT2D eigenvalue weighted by Gasteiger charge is 2.44. The number of methoxy groups -OCH3 is 1. The van der Waals surface area contributed by atoms with Gasteiger partial charge in [0.15, 0.2) is 0 Å². The van der Waals surface area contributed by atoms with Crippen LogP contribution >= 0.6 is 11.8 Å². The molecule has 2 rings (SSSR count). The van der Waals surface area contributed by atoms with Crippen molar-refractivity contribution >= 4 is 17.7 Å². The number of carbonyl (C=O) groups is 1. The van der Waals surface area contributed by atoms with Crippen molar-refractivity contribution in [3.63, 3.8) is 0 Å². The predicted octanol–water partition coefficient (Wildman–Crippen LogP) is 2.48. The lowest BCUT2D eigenvalue weighted by molar-refractivity contribution is -0.141. The van der Waals surface area contributed by atoms with Gasteiger partial charge in [-0.1, -0.05) is 0 Å². The lowest BCUT2D eigenvalue weighted by atomic mass is 10.1. The maximum Gasteiger partial charge on any atom is 0.306 e. The number of thioether (sulfide) groups is 1. The molecule has 0 aromatic carbocycles. The number of aryl methyl sites for hydroxylation is 1. The minimum atomic E-state index is -0.0769. The van der Waals surface area contributed by atoms with Crippen molar-refractivity contribution in [3.8, 4) is 0 Å². The van der Waals surface area contributed by atoms with E-state index in [0.717, 1.165) is 30.9 Å². The van der Waals surface area contributed by atoms with Crippen LogP contribution in [0.25, 0.3) is 0 Å². The quantitative estimate of drug-likeness (QED) is 0.713. The van der Waals surface area contributed by atoms with E-state index in [1.807, 2.05) is 22.6 Å². The second-order valence-electron chi connectivity index (χ2n) is 4.95. The number of hydrogen-bond donors (Lipinski definition) is 0. The Morgan fingerprint density at radius 1 is 1.61 bits per heavy atom. The van der Waals surface area contributed by atoms with E-state index in [4.69, 9.17) is 4.74 Å². The molecule has 0 amide bonds. The molecule has 0 spiro atoms. The molecule has 18 heavy (non-hydrogen) atoms. The van der Waals surface area contributed by atoms with E-state index in [1.54, 1.807) is 0 Å². The van der Waals surface area contributed by atoms with Crippen molar-refractivity contribution in [3.05, 3.63) is 18.0 Å². The molecule has 1 aliphatic rings. The summed E-state index contributed by atoms with van der Waals surface area (Å²) in [4.78, 5) is 11.3. The first-order valence-corrected chi connectivity index (χ1v) is 7.49. The first-order valence-electron chi connectivity index (χ1n) is 6.33. The highest BCUT2D eigenvalue weighted by atomic mass is 32.2. The third-order valence-electron chi connectivity index (χ3n) is 3.39. The lowest BCUT2D eigenvalue weighted by Gasteiger charge is -2.12. The number of nitrogens with zero attached hydrogens (tertiary/aromatic N) is 2. The molecule has 1 heterocycles. The van der Waals surface area contributed by atoms with Gasteiger partial charge < -0.3 is 4.74 Å². The molecule has 1 saturated carbocycles. The molecule has 0 bridgehead atoms. The summed E-state index contributed by atoms with van der Waals surface area (Å²) in [6, 6.07) is 0. The average Bonchev–Trinajstić information content (AvgIpc) is 2.97. The van der Waals surface area contributed by atoms with Gasteiger partial charge in [-0.05, 0) is 36.5 Å². The van der Waals surface area contributed by atoms with E-state index in [9.17, 15) is 4.79 Å². The van der Waals surface area contributed by atoms with Crippen LogP contribution in [0.1, 0.15) is 31.7 Å². The molecule has 0 saturated heterocycles. The molecule has 0 aliphatic heterocycles. The fourth-order valence-corrected chi connectivity index (χ4v) is 3.28. The maximum atomic E-state index is 11.3. The molecule has 1 aromatic heterocycles. The average molecular weight is 268 g/mol. The summed E-state index contributed by atoms with van der Waals surface area (Å²) in [6.45, 7) is 3.00. The summed E-state index contributed by atoms with van der Waals surface area (Å²) in [6.07, 6.45) is 6.90.